The fraction of sp³-hybridized carbons (Fsp3) is 0.447. The highest BCUT2D eigenvalue weighted by Gasteiger charge is 2.38. The first kappa shape index (κ1) is 37.2. The first-order valence-corrected chi connectivity index (χ1v) is 17.3. The summed E-state index contributed by atoms with van der Waals surface area (Å²) in [7, 11) is 6.82. The van der Waals surface area contributed by atoms with E-state index in [1.165, 1.54) is 36.0 Å². The summed E-state index contributed by atoms with van der Waals surface area (Å²) in [6.07, 6.45) is 1.09. The van der Waals surface area contributed by atoms with E-state index in [0.29, 0.717) is 19.4 Å². The highest BCUT2D eigenvalue weighted by Crippen LogP contribution is 2.27. The van der Waals surface area contributed by atoms with Crippen molar-refractivity contribution in [2.75, 3.05) is 61.0 Å². The van der Waals surface area contributed by atoms with Gasteiger partial charge in [-0.05, 0) is 74.4 Å². The van der Waals surface area contributed by atoms with E-state index < -0.39 is 29.7 Å². The summed E-state index contributed by atoms with van der Waals surface area (Å²) < 4.78 is 20.7. The number of likely N-dealkylation sites (N-methyl/N-ethyl adjacent to an activating group) is 2. The third-order valence-electron chi connectivity index (χ3n) is 9.54. The lowest BCUT2D eigenvalue weighted by Crippen LogP contribution is -2.49. The number of amides is 5. The van der Waals surface area contributed by atoms with Crippen molar-refractivity contribution in [3.05, 3.63) is 77.6 Å². The summed E-state index contributed by atoms with van der Waals surface area (Å²) in [5, 5.41) is 7.96. The van der Waals surface area contributed by atoms with Gasteiger partial charge in [-0.3, -0.25) is 24.0 Å². The molecule has 2 N–H and O–H groups in total. The molecule has 0 bridgehead atoms. The molecule has 51 heavy (non-hydrogen) atoms. The molecule has 5 rings (SSSR count). The minimum atomic E-state index is -1.03. The molecule has 2 heterocycles. The molecule has 0 saturated carbocycles. The quantitative estimate of drug-likeness (QED) is 0.345. The molecule has 3 aromatic rings. The van der Waals surface area contributed by atoms with Crippen LogP contribution in [0.1, 0.15) is 41.6 Å². The van der Waals surface area contributed by atoms with E-state index in [1.807, 2.05) is 61.5 Å². The van der Waals surface area contributed by atoms with Gasteiger partial charge in [0.15, 0.2) is 0 Å². The van der Waals surface area contributed by atoms with Gasteiger partial charge in [0.2, 0.25) is 23.6 Å². The molecule has 2 aliphatic rings. The molecule has 1 fully saturated rings. The van der Waals surface area contributed by atoms with Crippen molar-refractivity contribution < 1.29 is 33.1 Å². The molecule has 3 atom stereocenters. The number of hydrogen-bond acceptors (Lipinski definition) is 7. The largest absolute Gasteiger partial charge is 0.491 e. The maximum Gasteiger partial charge on any atom is 0.258 e. The van der Waals surface area contributed by atoms with Crippen LogP contribution in [-0.4, -0.2) is 128 Å². The smallest absolute Gasteiger partial charge is 0.258 e. The molecule has 0 aromatic heterocycles. The number of benzene rings is 3. The molecule has 0 spiro atoms. The highest BCUT2D eigenvalue weighted by molar-refractivity contribution is 6.00. The van der Waals surface area contributed by atoms with E-state index in [9.17, 15) is 28.4 Å². The van der Waals surface area contributed by atoms with Crippen LogP contribution in [0, 0.1) is 5.82 Å². The van der Waals surface area contributed by atoms with Gasteiger partial charge in [-0.2, -0.15) is 0 Å². The second kappa shape index (κ2) is 16.8. The molecular formula is C38H47FN6O6. The lowest BCUT2D eigenvalue weighted by atomic mass is 10.0. The van der Waals surface area contributed by atoms with Gasteiger partial charge in [0, 0.05) is 39.6 Å². The summed E-state index contributed by atoms with van der Waals surface area (Å²) in [6, 6.07) is 15.3. The Hall–Kier alpha value is -5.04. The summed E-state index contributed by atoms with van der Waals surface area (Å²) in [4.78, 5) is 73.6. The molecule has 12 nitrogen and oxygen atoms in total. The topological polar surface area (TPSA) is 132 Å². The first-order chi connectivity index (χ1) is 24.4. The number of carbonyl (C=O) groups excluding carboxylic acids is 5. The molecule has 5 amide bonds. The summed E-state index contributed by atoms with van der Waals surface area (Å²) >= 11 is 0. The number of rotatable bonds is 8. The third-order valence-corrected chi connectivity index (χ3v) is 9.54. The SMILES string of the molecule is CN(C)CCCNC(=O)C1CCC(=O)N(C)CC(=O)N2C[C@@H](NC(=O)Cc3cccc4ccccc34)C[C@H]2COc2ccc(F)cc2C(=O)N1C. The van der Waals surface area contributed by atoms with Crippen LogP contribution in [0.3, 0.4) is 0 Å². The average molecular weight is 703 g/mol. The van der Waals surface area contributed by atoms with Crippen LogP contribution >= 0.6 is 0 Å². The third kappa shape index (κ3) is 9.40. The van der Waals surface area contributed by atoms with Crippen molar-refractivity contribution in [2.45, 2.75) is 50.2 Å². The van der Waals surface area contributed by atoms with Crippen molar-refractivity contribution in [2.24, 2.45) is 0 Å². The van der Waals surface area contributed by atoms with Crippen molar-refractivity contribution >= 4 is 40.3 Å². The van der Waals surface area contributed by atoms with Gasteiger partial charge in [0.1, 0.15) is 24.2 Å². The van der Waals surface area contributed by atoms with Gasteiger partial charge in [0.05, 0.1) is 24.6 Å². The Kier molecular flexibility index (Phi) is 12.2. The number of nitrogens with zero attached hydrogens (tertiary/aromatic N) is 4. The van der Waals surface area contributed by atoms with Crippen LogP contribution in [0.15, 0.2) is 60.7 Å². The molecule has 0 aliphatic carbocycles. The van der Waals surface area contributed by atoms with Crippen LogP contribution in [0.4, 0.5) is 4.39 Å². The molecule has 1 saturated heterocycles. The minimum Gasteiger partial charge on any atom is -0.491 e. The molecule has 2 aliphatic heterocycles. The van der Waals surface area contributed by atoms with E-state index >= 15 is 0 Å². The predicted molar refractivity (Wildman–Crippen MR) is 191 cm³/mol. The van der Waals surface area contributed by atoms with Crippen LogP contribution in [0.25, 0.3) is 10.8 Å². The fourth-order valence-corrected chi connectivity index (χ4v) is 6.75. The molecule has 0 radical (unpaired) electrons. The van der Waals surface area contributed by atoms with E-state index in [0.717, 1.165) is 28.9 Å². The number of carbonyl (C=O) groups is 5. The predicted octanol–water partition coefficient (Wildman–Crippen LogP) is 2.45. The summed E-state index contributed by atoms with van der Waals surface area (Å²) in [5.74, 6) is -2.54. The Labute approximate surface area is 297 Å². The number of halogens is 1. The Bertz CT molecular complexity index is 1760. The van der Waals surface area contributed by atoms with Crippen LogP contribution < -0.4 is 15.4 Å². The maximum atomic E-state index is 14.6. The second-order valence-electron chi connectivity index (χ2n) is 13.6. The minimum absolute atomic E-state index is 0.0121. The summed E-state index contributed by atoms with van der Waals surface area (Å²) in [6.45, 7) is 1.05. The normalized spacial score (nSPS) is 20.4. The van der Waals surface area contributed by atoms with Crippen molar-refractivity contribution in [3.63, 3.8) is 0 Å². The van der Waals surface area contributed by atoms with Crippen LogP contribution in [-0.2, 0) is 25.6 Å². The molecule has 272 valence electrons. The number of nitrogens with one attached hydrogen (secondary N) is 2. The van der Waals surface area contributed by atoms with Crippen LogP contribution in [0.5, 0.6) is 5.75 Å². The van der Waals surface area contributed by atoms with Gasteiger partial charge in [-0.15, -0.1) is 0 Å². The van der Waals surface area contributed by atoms with E-state index in [-0.39, 0.29) is 74.0 Å². The monoisotopic (exact) mass is 702 g/mol. The van der Waals surface area contributed by atoms with Crippen molar-refractivity contribution in [1.29, 1.82) is 0 Å². The van der Waals surface area contributed by atoms with Crippen LogP contribution in [0.2, 0.25) is 0 Å². The van der Waals surface area contributed by atoms with Crippen molar-refractivity contribution in [3.8, 4) is 5.75 Å². The number of fused-ring (bicyclic) bond motifs is 3. The van der Waals surface area contributed by atoms with Gasteiger partial charge >= 0.3 is 0 Å². The van der Waals surface area contributed by atoms with Gasteiger partial charge in [0.25, 0.3) is 5.91 Å². The number of ether oxygens (including phenoxy) is 1. The van der Waals surface area contributed by atoms with Gasteiger partial charge < -0.3 is 35.0 Å². The average Bonchev–Trinajstić information content (AvgIpc) is 3.51. The zero-order valence-electron chi connectivity index (χ0n) is 29.7. The standard InChI is InChI=1S/C38H47FN6O6/c1-42(2)18-8-17-40-37(49)32-14-16-35(47)43(3)23-36(48)45-22-28(41-34(46)19-26-11-7-10-25-9-5-6-12-30(25)26)21-29(45)24-51-33-15-13-27(39)20-31(33)38(50)44(32)4/h5-7,9-13,15,20,28-29,32H,8,14,16-19,21-24H2,1-4H3,(H,40,49)(H,41,46)/t28-,29-,32?/m0/s1. The second-order valence-corrected chi connectivity index (χ2v) is 13.6. The molecular weight excluding hydrogens is 655 g/mol. The number of hydrogen-bond donors (Lipinski definition) is 2. The lowest BCUT2D eigenvalue weighted by Gasteiger charge is -2.28. The lowest BCUT2D eigenvalue weighted by molar-refractivity contribution is -0.140. The first-order valence-electron chi connectivity index (χ1n) is 17.3. The van der Waals surface area contributed by atoms with E-state index in [1.54, 1.807) is 4.90 Å². The Morgan fingerprint density at radius 2 is 1.76 bits per heavy atom. The zero-order chi connectivity index (χ0) is 36.7. The molecule has 3 aromatic carbocycles. The molecule has 1 unspecified atom stereocenters. The van der Waals surface area contributed by atoms with E-state index in [2.05, 4.69) is 10.6 Å². The highest BCUT2D eigenvalue weighted by atomic mass is 19.1. The Balaban J connectivity index is 1.35. The zero-order valence-corrected chi connectivity index (χ0v) is 29.7. The van der Waals surface area contributed by atoms with Gasteiger partial charge in [-0.1, -0.05) is 42.5 Å². The van der Waals surface area contributed by atoms with Gasteiger partial charge in [-0.25, -0.2) is 4.39 Å². The Morgan fingerprint density at radius 3 is 2.55 bits per heavy atom. The van der Waals surface area contributed by atoms with E-state index in [4.69, 9.17) is 4.74 Å². The fourth-order valence-electron chi connectivity index (χ4n) is 6.75. The Morgan fingerprint density at radius 1 is 1.00 bits per heavy atom. The summed E-state index contributed by atoms with van der Waals surface area (Å²) in [5.41, 5.74) is 0.803. The maximum absolute atomic E-state index is 14.6. The van der Waals surface area contributed by atoms with Crippen molar-refractivity contribution in [1.82, 2.24) is 30.2 Å². The molecule has 13 heteroatoms.